The maximum absolute atomic E-state index is 13.0. The first kappa shape index (κ1) is 19.1. The predicted octanol–water partition coefficient (Wildman–Crippen LogP) is 1.37. The van der Waals surface area contributed by atoms with Gasteiger partial charge in [0.1, 0.15) is 5.82 Å². The fraction of sp³-hybridized carbons (Fsp3) is 0.529. The van der Waals surface area contributed by atoms with Crippen LogP contribution >= 0.6 is 0 Å². The van der Waals surface area contributed by atoms with E-state index in [1.807, 2.05) is 13.8 Å². The Labute approximate surface area is 136 Å². The van der Waals surface area contributed by atoms with Crippen LogP contribution in [0.2, 0.25) is 0 Å². The third-order valence-corrected chi connectivity index (χ3v) is 4.21. The molecule has 0 aliphatic heterocycles. The van der Waals surface area contributed by atoms with Gasteiger partial charge in [-0.25, -0.2) is 4.39 Å². The second kappa shape index (κ2) is 9.25. The maximum atomic E-state index is 13.0. The van der Waals surface area contributed by atoms with Gasteiger partial charge in [-0.3, -0.25) is 9.59 Å². The Bertz CT molecular complexity index is 522. The quantitative estimate of drug-likeness (QED) is 0.600. The zero-order chi connectivity index (χ0) is 17.3. The summed E-state index contributed by atoms with van der Waals surface area (Å²) in [5.74, 6) is -0.648. The van der Waals surface area contributed by atoms with Crippen LogP contribution in [-0.2, 0) is 16.0 Å². The van der Waals surface area contributed by atoms with E-state index in [1.165, 1.54) is 12.1 Å². The van der Waals surface area contributed by atoms with Crippen LogP contribution in [0.1, 0.15) is 32.3 Å². The molecule has 128 valence electrons. The zero-order valence-corrected chi connectivity index (χ0v) is 13.8. The van der Waals surface area contributed by atoms with Gasteiger partial charge in [0.15, 0.2) is 0 Å². The van der Waals surface area contributed by atoms with E-state index in [-0.39, 0.29) is 24.1 Å². The Balaban J connectivity index is 2.34. The maximum Gasteiger partial charge on any atom is 0.227 e. The molecule has 2 amide bonds. The number of hydrogen-bond donors (Lipinski definition) is 3. The highest BCUT2D eigenvalue weighted by Crippen LogP contribution is 2.24. The second-order valence-corrected chi connectivity index (χ2v) is 5.60. The number of carbonyl (C=O) groups is 2. The molecule has 0 aromatic heterocycles. The van der Waals surface area contributed by atoms with Crippen molar-refractivity contribution >= 4 is 11.8 Å². The topological polar surface area (TPSA) is 84.2 Å². The number of hydrogen-bond acceptors (Lipinski definition) is 3. The number of nitrogens with one attached hydrogen (secondary N) is 2. The Morgan fingerprint density at radius 1 is 1.17 bits per heavy atom. The third-order valence-electron chi connectivity index (χ3n) is 4.21. The highest BCUT2D eigenvalue weighted by atomic mass is 19.1. The first-order valence-electron chi connectivity index (χ1n) is 7.97. The molecule has 0 bridgehead atoms. The van der Waals surface area contributed by atoms with Crippen LogP contribution in [0.4, 0.5) is 4.39 Å². The van der Waals surface area contributed by atoms with Crippen molar-refractivity contribution in [3.05, 3.63) is 35.6 Å². The summed E-state index contributed by atoms with van der Waals surface area (Å²) in [6, 6.07) is 5.93. The lowest BCUT2D eigenvalue weighted by Crippen LogP contribution is -2.47. The van der Waals surface area contributed by atoms with Crippen LogP contribution in [-0.4, -0.2) is 31.4 Å². The summed E-state index contributed by atoms with van der Waals surface area (Å²) in [5.41, 5.74) is 5.80. The average molecular weight is 323 g/mol. The molecule has 6 heteroatoms. The minimum Gasteiger partial charge on any atom is -0.354 e. The number of amides is 2. The smallest absolute Gasteiger partial charge is 0.227 e. The van der Waals surface area contributed by atoms with E-state index in [9.17, 15) is 14.0 Å². The van der Waals surface area contributed by atoms with E-state index in [2.05, 4.69) is 10.6 Å². The molecule has 0 atom stereocenters. The molecule has 0 aliphatic rings. The Hall–Kier alpha value is -1.95. The number of nitrogens with two attached hydrogens (primary N) is 1. The van der Waals surface area contributed by atoms with E-state index < -0.39 is 5.41 Å². The van der Waals surface area contributed by atoms with Crippen LogP contribution in [0.3, 0.4) is 0 Å². The van der Waals surface area contributed by atoms with Crippen LogP contribution in [0.15, 0.2) is 24.3 Å². The Morgan fingerprint density at radius 3 is 2.39 bits per heavy atom. The number of benzene rings is 1. The number of rotatable bonds is 9. The molecule has 0 unspecified atom stereocenters. The lowest BCUT2D eigenvalue weighted by molar-refractivity contribution is -0.131. The summed E-state index contributed by atoms with van der Waals surface area (Å²) in [6.07, 6.45) is 1.47. The molecule has 0 fully saturated rings. The number of carbonyl (C=O) groups excluding carboxylic acids is 2. The van der Waals surface area contributed by atoms with Gasteiger partial charge in [-0.1, -0.05) is 26.0 Å². The minimum absolute atomic E-state index is 0.0793. The van der Waals surface area contributed by atoms with Crippen LogP contribution in [0, 0.1) is 11.2 Å². The Kier molecular flexibility index (Phi) is 7.68. The molecule has 1 aromatic rings. The molecular weight excluding hydrogens is 297 g/mol. The fourth-order valence-corrected chi connectivity index (χ4v) is 2.41. The summed E-state index contributed by atoms with van der Waals surface area (Å²) >= 11 is 0. The van der Waals surface area contributed by atoms with Gasteiger partial charge >= 0.3 is 0 Å². The van der Waals surface area contributed by atoms with Crippen LogP contribution < -0.4 is 16.4 Å². The van der Waals surface area contributed by atoms with Crippen molar-refractivity contribution in [3.8, 4) is 0 Å². The van der Waals surface area contributed by atoms with E-state index in [0.717, 1.165) is 0 Å². The SMILES string of the molecule is CCC(CC)(CN)C(=O)NCCNC(=O)Cc1cccc(F)c1. The standard InChI is InChI=1S/C17H26FN3O2/c1-3-17(4-2,12-19)16(23)21-9-8-20-15(22)11-13-6-5-7-14(18)10-13/h5-7,10H,3-4,8-9,11-12,19H2,1-2H3,(H,20,22)(H,21,23). The van der Waals surface area contributed by atoms with Gasteiger partial charge in [0, 0.05) is 19.6 Å². The molecule has 0 heterocycles. The average Bonchev–Trinajstić information content (AvgIpc) is 2.54. The molecule has 5 nitrogen and oxygen atoms in total. The van der Waals surface area contributed by atoms with E-state index in [4.69, 9.17) is 5.73 Å². The van der Waals surface area contributed by atoms with Gasteiger partial charge in [0.05, 0.1) is 11.8 Å². The minimum atomic E-state index is -0.536. The first-order chi connectivity index (χ1) is 11.0. The van der Waals surface area contributed by atoms with Gasteiger partial charge in [-0.05, 0) is 30.5 Å². The zero-order valence-electron chi connectivity index (χ0n) is 13.8. The molecule has 0 saturated heterocycles. The van der Waals surface area contributed by atoms with Crippen molar-refractivity contribution < 1.29 is 14.0 Å². The largest absolute Gasteiger partial charge is 0.354 e. The predicted molar refractivity (Wildman–Crippen MR) is 88.2 cm³/mol. The van der Waals surface area contributed by atoms with Crippen molar-refractivity contribution in [1.82, 2.24) is 10.6 Å². The first-order valence-corrected chi connectivity index (χ1v) is 7.97. The highest BCUT2D eigenvalue weighted by Gasteiger charge is 2.32. The van der Waals surface area contributed by atoms with Gasteiger partial charge in [-0.2, -0.15) is 0 Å². The second-order valence-electron chi connectivity index (χ2n) is 5.60. The van der Waals surface area contributed by atoms with Gasteiger partial charge in [0.25, 0.3) is 0 Å². The molecule has 0 aliphatic carbocycles. The molecule has 4 N–H and O–H groups in total. The monoisotopic (exact) mass is 323 g/mol. The van der Waals surface area contributed by atoms with Crippen molar-refractivity contribution in [2.45, 2.75) is 33.1 Å². The summed E-state index contributed by atoms with van der Waals surface area (Å²) in [4.78, 5) is 24.0. The molecular formula is C17H26FN3O2. The molecule has 0 radical (unpaired) electrons. The van der Waals surface area contributed by atoms with Crippen LogP contribution in [0.5, 0.6) is 0 Å². The number of halogens is 1. The molecule has 0 saturated carbocycles. The van der Waals surface area contributed by atoms with Gasteiger partial charge < -0.3 is 16.4 Å². The van der Waals surface area contributed by atoms with Crippen molar-refractivity contribution in [3.63, 3.8) is 0 Å². The summed E-state index contributed by atoms with van der Waals surface area (Å²) in [5, 5.41) is 5.52. The lowest BCUT2D eigenvalue weighted by atomic mass is 9.81. The highest BCUT2D eigenvalue weighted by molar-refractivity contribution is 5.83. The molecule has 0 spiro atoms. The van der Waals surface area contributed by atoms with E-state index >= 15 is 0 Å². The third kappa shape index (κ3) is 5.63. The normalized spacial score (nSPS) is 11.1. The summed E-state index contributed by atoms with van der Waals surface area (Å²) < 4.78 is 13.0. The van der Waals surface area contributed by atoms with Crippen LogP contribution in [0.25, 0.3) is 0 Å². The van der Waals surface area contributed by atoms with Gasteiger partial charge in [0.2, 0.25) is 11.8 Å². The fourth-order valence-electron chi connectivity index (χ4n) is 2.41. The van der Waals surface area contributed by atoms with Crippen molar-refractivity contribution in [1.29, 1.82) is 0 Å². The summed E-state index contributed by atoms with van der Waals surface area (Å²) in [7, 11) is 0. The van der Waals surface area contributed by atoms with Crippen molar-refractivity contribution in [2.75, 3.05) is 19.6 Å². The lowest BCUT2D eigenvalue weighted by Gasteiger charge is -2.28. The van der Waals surface area contributed by atoms with Crippen molar-refractivity contribution in [2.24, 2.45) is 11.1 Å². The molecule has 23 heavy (non-hydrogen) atoms. The molecule has 1 aromatic carbocycles. The van der Waals surface area contributed by atoms with E-state index in [0.29, 0.717) is 38.0 Å². The Morgan fingerprint density at radius 2 is 1.83 bits per heavy atom. The molecule has 1 rings (SSSR count). The van der Waals surface area contributed by atoms with E-state index in [1.54, 1.807) is 12.1 Å². The summed E-state index contributed by atoms with van der Waals surface area (Å²) in [6.45, 7) is 4.86. The van der Waals surface area contributed by atoms with Gasteiger partial charge in [-0.15, -0.1) is 0 Å².